The van der Waals surface area contributed by atoms with Crippen LogP contribution in [0.3, 0.4) is 0 Å². The van der Waals surface area contributed by atoms with Gasteiger partial charge < -0.3 is 9.16 Å². The van der Waals surface area contributed by atoms with Gasteiger partial charge in [0.05, 0.1) is 17.8 Å². The van der Waals surface area contributed by atoms with Gasteiger partial charge in [0.25, 0.3) is 0 Å². The SMILES string of the molecule is CC(C1CCC2OC2C1)C(C)(C)O[Si]. The van der Waals surface area contributed by atoms with Crippen LogP contribution in [0.1, 0.15) is 40.0 Å². The van der Waals surface area contributed by atoms with E-state index in [9.17, 15) is 0 Å². The molecule has 1 saturated heterocycles. The topological polar surface area (TPSA) is 21.8 Å². The van der Waals surface area contributed by atoms with Crippen LogP contribution in [0, 0.1) is 11.8 Å². The molecule has 1 aliphatic heterocycles. The zero-order chi connectivity index (χ0) is 10.3. The molecule has 4 unspecified atom stereocenters. The summed E-state index contributed by atoms with van der Waals surface area (Å²) in [5.41, 5.74) is -0.0801. The van der Waals surface area contributed by atoms with Crippen LogP contribution in [0.5, 0.6) is 0 Å². The van der Waals surface area contributed by atoms with Crippen molar-refractivity contribution in [3.63, 3.8) is 0 Å². The molecule has 1 aliphatic carbocycles. The molecule has 0 aromatic heterocycles. The predicted molar refractivity (Wildman–Crippen MR) is 56.1 cm³/mol. The Labute approximate surface area is 89.9 Å². The third kappa shape index (κ3) is 1.90. The van der Waals surface area contributed by atoms with Crippen molar-refractivity contribution >= 4 is 10.5 Å². The minimum atomic E-state index is -0.0801. The fourth-order valence-electron chi connectivity index (χ4n) is 2.55. The van der Waals surface area contributed by atoms with Crippen molar-refractivity contribution in [2.75, 3.05) is 0 Å². The van der Waals surface area contributed by atoms with Crippen molar-refractivity contribution in [1.82, 2.24) is 0 Å². The van der Waals surface area contributed by atoms with Crippen molar-refractivity contribution in [1.29, 1.82) is 0 Å². The van der Waals surface area contributed by atoms with Crippen LogP contribution in [-0.2, 0) is 9.16 Å². The van der Waals surface area contributed by atoms with Gasteiger partial charge in [-0.1, -0.05) is 6.92 Å². The average molecular weight is 211 g/mol. The van der Waals surface area contributed by atoms with Gasteiger partial charge >= 0.3 is 0 Å². The summed E-state index contributed by atoms with van der Waals surface area (Å²) in [6.07, 6.45) is 4.94. The second kappa shape index (κ2) is 3.61. The summed E-state index contributed by atoms with van der Waals surface area (Å²) < 4.78 is 10.9. The van der Waals surface area contributed by atoms with E-state index in [1.165, 1.54) is 19.3 Å². The summed E-state index contributed by atoms with van der Waals surface area (Å²) >= 11 is 0. The Hall–Kier alpha value is 0.137. The van der Waals surface area contributed by atoms with Crippen LogP contribution >= 0.6 is 0 Å². The summed E-state index contributed by atoms with van der Waals surface area (Å²) in [4.78, 5) is 0. The van der Waals surface area contributed by atoms with E-state index in [0.29, 0.717) is 18.1 Å². The second-order valence-corrected chi connectivity index (χ2v) is 5.48. The van der Waals surface area contributed by atoms with Crippen LogP contribution in [-0.4, -0.2) is 28.3 Å². The Bertz CT molecular complexity index is 217. The molecule has 4 atom stereocenters. The lowest BCUT2D eigenvalue weighted by Gasteiger charge is -2.37. The molecule has 1 saturated carbocycles. The van der Waals surface area contributed by atoms with Crippen LogP contribution in [0.25, 0.3) is 0 Å². The zero-order valence-corrected chi connectivity index (χ0v) is 10.2. The van der Waals surface area contributed by atoms with Crippen molar-refractivity contribution in [2.45, 2.75) is 57.8 Å². The van der Waals surface area contributed by atoms with E-state index in [4.69, 9.17) is 9.16 Å². The van der Waals surface area contributed by atoms with Crippen molar-refractivity contribution in [2.24, 2.45) is 11.8 Å². The maximum Gasteiger partial charge on any atom is 0.246 e. The summed E-state index contributed by atoms with van der Waals surface area (Å²) in [7, 11) is 3.18. The first-order valence-electron chi connectivity index (χ1n) is 5.55. The number of hydrogen-bond acceptors (Lipinski definition) is 2. The first-order valence-corrected chi connectivity index (χ1v) is 5.95. The molecule has 1 heterocycles. The summed E-state index contributed by atoms with van der Waals surface area (Å²) in [5.74, 6) is 1.33. The van der Waals surface area contributed by atoms with Gasteiger partial charge in [-0.3, -0.25) is 0 Å². The Kier molecular flexibility index (Phi) is 2.75. The highest BCUT2D eigenvalue weighted by Gasteiger charge is 2.46. The van der Waals surface area contributed by atoms with E-state index in [1.807, 2.05) is 0 Å². The third-order valence-electron chi connectivity index (χ3n) is 4.11. The first-order chi connectivity index (χ1) is 6.54. The fraction of sp³-hybridized carbons (Fsp3) is 1.00. The van der Waals surface area contributed by atoms with E-state index in [-0.39, 0.29) is 5.60 Å². The van der Waals surface area contributed by atoms with Crippen LogP contribution < -0.4 is 0 Å². The minimum Gasteiger partial charge on any atom is -0.413 e. The smallest absolute Gasteiger partial charge is 0.246 e. The molecule has 0 aromatic carbocycles. The minimum absolute atomic E-state index is 0.0801. The van der Waals surface area contributed by atoms with Gasteiger partial charge in [-0.05, 0) is 44.9 Å². The molecule has 2 fully saturated rings. The normalized spacial score (nSPS) is 39.0. The van der Waals surface area contributed by atoms with Crippen LogP contribution in [0.15, 0.2) is 0 Å². The number of ether oxygens (including phenoxy) is 1. The van der Waals surface area contributed by atoms with Gasteiger partial charge in [0, 0.05) is 0 Å². The van der Waals surface area contributed by atoms with Gasteiger partial charge in [0.2, 0.25) is 10.5 Å². The molecule has 2 aliphatic rings. The molecule has 0 amide bonds. The molecule has 0 spiro atoms. The monoisotopic (exact) mass is 211 g/mol. The van der Waals surface area contributed by atoms with Gasteiger partial charge in [0.15, 0.2) is 0 Å². The molecule has 2 nitrogen and oxygen atoms in total. The Morgan fingerprint density at radius 3 is 2.64 bits per heavy atom. The number of epoxide rings is 1. The van der Waals surface area contributed by atoms with E-state index in [0.717, 1.165) is 5.92 Å². The second-order valence-electron chi connectivity index (χ2n) is 5.28. The molecule has 14 heavy (non-hydrogen) atoms. The van der Waals surface area contributed by atoms with E-state index >= 15 is 0 Å². The number of rotatable bonds is 3. The highest BCUT2D eigenvalue weighted by molar-refractivity contribution is 5.98. The van der Waals surface area contributed by atoms with Gasteiger partial charge in [0.1, 0.15) is 0 Å². The number of fused-ring (bicyclic) bond motifs is 1. The molecule has 3 heteroatoms. The lowest BCUT2D eigenvalue weighted by atomic mass is 9.74. The lowest BCUT2D eigenvalue weighted by molar-refractivity contribution is 0.0223. The maximum absolute atomic E-state index is 5.55. The van der Waals surface area contributed by atoms with E-state index in [1.54, 1.807) is 0 Å². The van der Waals surface area contributed by atoms with Gasteiger partial charge in [-0.2, -0.15) is 0 Å². The zero-order valence-electron chi connectivity index (χ0n) is 9.25. The van der Waals surface area contributed by atoms with E-state index in [2.05, 4.69) is 31.3 Å². The summed E-state index contributed by atoms with van der Waals surface area (Å²) in [6.45, 7) is 6.57. The van der Waals surface area contributed by atoms with Gasteiger partial charge in [-0.15, -0.1) is 0 Å². The predicted octanol–water partition coefficient (Wildman–Crippen LogP) is 2.07. The Morgan fingerprint density at radius 2 is 2.07 bits per heavy atom. The molecule has 0 N–H and O–H groups in total. The standard InChI is InChI=1S/C11H19O2Si/c1-7(11(2,3)13-14)8-4-5-9-10(6-8)12-9/h7-10H,4-6H2,1-3H3. The van der Waals surface area contributed by atoms with Crippen LogP contribution in [0.2, 0.25) is 0 Å². The van der Waals surface area contributed by atoms with Crippen molar-refractivity contribution in [3.8, 4) is 0 Å². The maximum atomic E-state index is 5.55. The molecule has 0 aromatic rings. The van der Waals surface area contributed by atoms with Gasteiger partial charge in [-0.25, -0.2) is 0 Å². The Morgan fingerprint density at radius 1 is 1.36 bits per heavy atom. The van der Waals surface area contributed by atoms with Crippen molar-refractivity contribution in [3.05, 3.63) is 0 Å². The summed E-state index contributed by atoms with van der Waals surface area (Å²) in [5, 5.41) is 0. The van der Waals surface area contributed by atoms with Crippen LogP contribution in [0.4, 0.5) is 0 Å². The van der Waals surface area contributed by atoms with Crippen molar-refractivity contribution < 1.29 is 9.16 Å². The average Bonchev–Trinajstić information content (AvgIpc) is 2.94. The molecular weight excluding hydrogens is 192 g/mol. The largest absolute Gasteiger partial charge is 0.413 e. The highest BCUT2D eigenvalue weighted by Crippen LogP contribution is 2.44. The number of hydrogen-bond donors (Lipinski definition) is 0. The molecule has 3 radical (unpaired) electrons. The lowest BCUT2D eigenvalue weighted by Crippen LogP contribution is -2.38. The molecule has 2 rings (SSSR count). The summed E-state index contributed by atoms with van der Waals surface area (Å²) in [6, 6.07) is 0. The fourth-order valence-corrected chi connectivity index (χ4v) is 2.74. The highest BCUT2D eigenvalue weighted by atomic mass is 28.2. The molecular formula is C11H19O2Si. The molecule has 0 bridgehead atoms. The quantitative estimate of drug-likeness (QED) is 0.526. The van der Waals surface area contributed by atoms with E-state index < -0.39 is 0 Å². The first kappa shape index (κ1) is 10.6. The third-order valence-corrected chi connectivity index (χ3v) is 4.64. The molecule has 79 valence electrons. The Balaban J connectivity index is 1.93.